The molecule has 1 aromatic carbocycles. The summed E-state index contributed by atoms with van der Waals surface area (Å²) in [5, 5.41) is 0. The second-order valence-corrected chi connectivity index (χ2v) is 4.31. The third-order valence-corrected chi connectivity index (χ3v) is 3.43. The first kappa shape index (κ1) is 8.77. The Balaban J connectivity index is 2.11. The molecule has 1 saturated heterocycles. The van der Waals surface area contributed by atoms with Crippen LogP contribution in [0.5, 0.6) is 0 Å². The molecule has 2 N–H and O–H groups in total. The summed E-state index contributed by atoms with van der Waals surface area (Å²) in [5.41, 5.74) is 9.06. The zero-order valence-corrected chi connectivity index (χ0v) is 8.40. The molecule has 0 saturated carbocycles. The van der Waals surface area contributed by atoms with E-state index in [-0.39, 0.29) is 18.0 Å². The van der Waals surface area contributed by atoms with Crippen molar-refractivity contribution in [3.05, 3.63) is 29.3 Å². The van der Waals surface area contributed by atoms with E-state index in [1.54, 1.807) is 0 Å². The minimum absolute atomic E-state index is 0.0342. The monoisotopic (exact) mass is 203 g/mol. The minimum atomic E-state index is -0.0523. The lowest BCUT2D eigenvalue weighted by Crippen LogP contribution is -2.11. The number of esters is 1. The molecule has 1 heterocycles. The summed E-state index contributed by atoms with van der Waals surface area (Å²) in [6, 6.07) is 5.87. The second kappa shape index (κ2) is 2.99. The van der Waals surface area contributed by atoms with Gasteiger partial charge in [-0.1, -0.05) is 12.1 Å². The molecule has 1 fully saturated rings. The number of hydrogen-bond acceptors (Lipinski definition) is 3. The van der Waals surface area contributed by atoms with Gasteiger partial charge in [0.15, 0.2) is 0 Å². The van der Waals surface area contributed by atoms with Gasteiger partial charge in [0.1, 0.15) is 6.10 Å². The van der Waals surface area contributed by atoms with Crippen LogP contribution in [0.2, 0.25) is 0 Å². The molecule has 15 heavy (non-hydrogen) atoms. The van der Waals surface area contributed by atoms with Crippen LogP contribution in [0.1, 0.15) is 30.1 Å². The van der Waals surface area contributed by atoms with E-state index in [2.05, 4.69) is 0 Å². The van der Waals surface area contributed by atoms with Crippen molar-refractivity contribution in [2.45, 2.75) is 25.4 Å². The number of fused-ring (bicyclic) bond motifs is 4. The van der Waals surface area contributed by atoms with Crippen molar-refractivity contribution in [3.8, 4) is 0 Å². The van der Waals surface area contributed by atoms with Gasteiger partial charge in [-0.25, -0.2) is 0 Å². The summed E-state index contributed by atoms with van der Waals surface area (Å²) < 4.78 is 5.35. The van der Waals surface area contributed by atoms with Gasteiger partial charge < -0.3 is 10.5 Å². The lowest BCUT2D eigenvalue weighted by atomic mass is 9.99. The average molecular weight is 203 g/mol. The van der Waals surface area contributed by atoms with Crippen molar-refractivity contribution >= 4 is 11.7 Å². The highest BCUT2D eigenvalue weighted by Gasteiger charge is 2.38. The van der Waals surface area contributed by atoms with Crippen molar-refractivity contribution in [1.82, 2.24) is 0 Å². The lowest BCUT2D eigenvalue weighted by molar-refractivity contribution is -0.144. The Morgan fingerprint density at radius 3 is 3.13 bits per heavy atom. The summed E-state index contributed by atoms with van der Waals surface area (Å²) >= 11 is 0. The van der Waals surface area contributed by atoms with Crippen LogP contribution in [0, 0.1) is 5.92 Å². The fraction of sp³-hybridized carbons (Fsp3) is 0.417. The van der Waals surface area contributed by atoms with Crippen LogP contribution in [0.15, 0.2) is 18.2 Å². The first-order chi connectivity index (χ1) is 7.25. The van der Waals surface area contributed by atoms with Gasteiger partial charge in [-0.2, -0.15) is 0 Å². The van der Waals surface area contributed by atoms with E-state index >= 15 is 0 Å². The number of nitrogen functional groups attached to an aromatic ring is 1. The summed E-state index contributed by atoms with van der Waals surface area (Å²) in [5.74, 6) is 0.0508. The molecule has 2 aliphatic rings. The van der Waals surface area contributed by atoms with Gasteiger partial charge >= 0.3 is 5.97 Å². The van der Waals surface area contributed by atoms with Crippen LogP contribution >= 0.6 is 0 Å². The molecule has 1 aromatic rings. The van der Waals surface area contributed by atoms with E-state index in [0.29, 0.717) is 0 Å². The average Bonchev–Trinajstić information content (AvgIpc) is 2.45. The SMILES string of the molecule is Nc1cccc2c1CCC1CC2OC1=O. The quantitative estimate of drug-likeness (QED) is 0.517. The Morgan fingerprint density at radius 1 is 1.40 bits per heavy atom. The Kier molecular flexibility index (Phi) is 1.75. The van der Waals surface area contributed by atoms with Gasteiger partial charge in [-0.05, 0) is 30.0 Å². The van der Waals surface area contributed by atoms with Crippen LogP contribution in [0.4, 0.5) is 5.69 Å². The molecule has 0 radical (unpaired) electrons. The normalized spacial score (nSPS) is 28.1. The van der Waals surface area contributed by atoms with Crippen molar-refractivity contribution in [1.29, 1.82) is 0 Å². The van der Waals surface area contributed by atoms with Crippen molar-refractivity contribution in [3.63, 3.8) is 0 Å². The first-order valence-electron chi connectivity index (χ1n) is 5.33. The van der Waals surface area contributed by atoms with Gasteiger partial charge in [0.2, 0.25) is 0 Å². The number of ether oxygens (including phenoxy) is 1. The number of carbonyl (C=O) groups is 1. The standard InChI is InChI=1S/C12H13NO2/c13-10-3-1-2-9-8(10)5-4-7-6-11(9)15-12(7)14/h1-3,7,11H,4-6,13H2. The third-order valence-electron chi connectivity index (χ3n) is 3.43. The number of benzene rings is 1. The molecule has 2 unspecified atom stereocenters. The molecule has 1 aliphatic carbocycles. The highest BCUT2D eigenvalue weighted by atomic mass is 16.6. The lowest BCUT2D eigenvalue weighted by Gasteiger charge is -2.16. The molecule has 3 heteroatoms. The number of anilines is 1. The number of carbonyl (C=O) groups excluding carboxylic acids is 1. The first-order valence-corrected chi connectivity index (χ1v) is 5.33. The zero-order chi connectivity index (χ0) is 10.4. The highest BCUT2D eigenvalue weighted by molar-refractivity contribution is 5.75. The fourth-order valence-electron chi connectivity index (χ4n) is 2.60. The van der Waals surface area contributed by atoms with Crippen LogP contribution in [-0.4, -0.2) is 5.97 Å². The molecule has 0 amide bonds. The van der Waals surface area contributed by atoms with E-state index in [1.165, 1.54) is 5.56 Å². The summed E-state index contributed by atoms with van der Waals surface area (Å²) in [6.45, 7) is 0. The summed E-state index contributed by atoms with van der Waals surface area (Å²) in [7, 11) is 0. The van der Waals surface area contributed by atoms with Gasteiger partial charge in [0.25, 0.3) is 0 Å². The molecule has 1 aliphatic heterocycles. The van der Waals surface area contributed by atoms with E-state index in [0.717, 1.165) is 30.5 Å². The van der Waals surface area contributed by atoms with Crippen LogP contribution < -0.4 is 5.73 Å². The molecule has 2 atom stereocenters. The molecule has 3 rings (SSSR count). The maximum atomic E-state index is 11.4. The predicted molar refractivity (Wildman–Crippen MR) is 56.1 cm³/mol. The molecule has 2 bridgehead atoms. The number of rotatable bonds is 0. The molecule has 0 spiro atoms. The number of nitrogens with two attached hydrogens (primary N) is 1. The minimum Gasteiger partial charge on any atom is -0.457 e. The second-order valence-electron chi connectivity index (χ2n) is 4.31. The third kappa shape index (κ3) is 1.23. The molecular weight excluding hydrogens is 190 g/mol. The van der Waals surface area contributed by atoms with Crippen LogP contribution in [0.25, 0.3) is 0 Å². The Morgan fingerprint density at radius 2 is 2.27 bits per heavy atom. The molecular formula is C12H13NO2. The van der Waals surface area contributed by atoms with Gasteiger partial charge in [-0.15, -0.1) is 0 Å². The maximum absolute atomic E-state index is 11.4. The predicted octanol–water partition coefficient (Wildman–Crippen LogP) is 1.82. The Labute approximate surface area is 88.2 Å². The van der Waals surface area contributed by atoms with Crippen molar-refractivity contribution < 1.29 is 9.53 Å². The smallest absolute Gasteiger partial charge is 0.309 e. The zero-order valence-electron chi connectivity index (χ0n) is 8.40. The summed E-state index contributed by atoms with van der Waals surface area (Å²) in [6.07, 6.45) is 2.55. The maximum Gasteiger partial charge on any atom is 0.309 e. The van der Waals surface area contributed by atoms with Gasteiger partial charge in [-0.3, -0.25) is 4.79 Å². The number of hydrogen-bond donors (Lipinski definition) is 1. The molecule has 0 aromatic heterocycles. The van der Waals surface area contributed by atoms with E-state index in [4.69, 9.17) is 10.5 Å². The van der Waals surface area contributed by atoms with Crippen LogP contribution in [0.3, 0.4) is 0 Å². The molecule has 3 nitrogen and oxygen atoms in total. The Bertz CT molecular complexity index is 428. The highest BCUT2D eigenvalue weighted by Crippen LogP contribution is 2.42. The van der Waals surface area contributed by atoms with Crippen molar-refractivity contribution in [2.24, 2.45) is 5.92 Å². The molecule has 78 valence electrons. The Hall–Kier alpha value is -1.51. The largest absolute Gasteiger partial charge is 0.457 e. The van der Waals surface area contributed by atoms with Gasteiger partial charge in [0.05, 0.1) is 5.92 Å². The topological polar surface area (TPSA) is 52.3 Å². The van der Waals surface area contributed by atoms with E-state index in [1.807, 2.05) is 18.2 Å². The van der Waals surface area contributed by atoms with Crippen LogP contribution in [-0.2, 0) is 16.0 Å². The summed E-state index contributed by atoms with van der Waals surface area (Å²) in [4.78, 5) is 11.4. The van der Waals surface area contributed by atoms with Crippen molar-refractivity contribution in [2.75, 3.05) is 5.73 Å². The fourth-order valence-corrected chi connectivity index (χ4v) is 2.60. The van der Waals surface area contributed by atoms with E-state index in [9.17, 15) is 4.79 Å². The van der Waals surface area contributed by atoms with Gasteiger partial charge in [0, 0.05) is 12.1 Å². The van der Waals surface area contributed by atoms with E-state index < -0.39 is 0 Å².